The maximum atomic E-state index is 11.3. The number of carbonyl (C=O) groups excluding carboxylic acids is 1. The van der Waals surface area contributed by atoms with Gasteiger partial charge in [-0.3, -0.25) is 0 Å². The molecule has 1 aliphatic heterocycles. The van der Waals surface area contributed by atoms with Crippen molar-refractivity contribution in [1.82, 2.24) is 5.32 Å². The van der Waals surface area contributed by atoms with Crippen LogP contribution in [0.4, 0.5) is 4.79 Å². The summed E-state index contributed by atoms with van der Waals surface area (Å²) >= 11 is 0. The normalized spacial score (nSPS) is 28.2. The third-order valence-corrected chi connectivity index (χ3v) is 2.52. The molecule has 0 aliphatic carbocycles. The molecule has 0 radical (unpaired) electrons. The number of alkyl carbamates (subject to hydrolysis) is 1. The predicted molar refractivity (Wildman–Crippen MR) is 56.5 cm³/mol. The molecule has 0 aromatic heterocycles. The third kappa shape index (κ3) is 2.95. The minimum absolute atomic E-state index is 0.0211. The first kappa shape index (κ1) is 13.5. The van der Waals surface area contributed by atoms with Crippen molar-refractivity contribution in [2.45, 2.75) is 18.1 Å². The van der Waals surface area contributed by atoms with Crippen LogP contribution in [0.5, 0.6) is 0 Å². The van der Waals surface area contributed by atoms with Gasteiger partial charge < -0.3 is 25.0 Å². The molecule has 0 bridgehead atoms. The van der Waals surface area contributed by atoms with Gasteiger partial charge in [0.15, 0.2) is 5.54 Å². The van der Waals surface area contributed by atoms with E-state index in [1.54, 1.807) is 0 Å². The Kier molecular flexibility index (Phi) is 4.47. The average Bonchev–Trinajstić information content (AvgIpc) is 2.29. The van der Waals surface area contributed by atoms with Gasteiger partial charge in [0.25, 0.3) is 0 Å². The summed E-state index contributed by atoms with van der Waals surface area (Å²) in [6, 6.07) is 0. The largest absolute Gasteiger partial charge is 0.479 e. The van der Waals surface area contributed by atoms with E-state index in [1.807, 2.05) is 0 Å². The number of carbonyl (C=O) groups is 2. The summed E-state index contributed by atoms with van der Waals surface area (Å²) < 4.78 is 9.56. The van der Waals surface area contributed by atoms with E-state index in [0.29, 0.717) is 0 Å². The fourth-order valence-corrected chi connectivity index (χ4v) is 1.54. The zero-order valence-electron chi connectivity index (χ0n) is 9.22. The van der Waals surface area contributed by atoms with Gasteiger partial charge in [0.05, 0.1) is 6.61 Å². The lowest BCUT2D eigenvalue weighted by Crippen LogP contribution is -2.65. The van der Waals surface area contributed by atoms with E-state index < -0.39 is 23.7 Å². The van der Waals surface area contributed by atoms with E-state index >= 15 is 0 Å². The summed E-state index contributed by atoms with van der Waals surface area (Å²) in [5.41, 5.74) is -1.75. The number of aliphatic carboxylic acids is 1. The number of amides is 1. The second-order valence-corrected chi connectivity index (χ2v) is 3.63. The molecule has 2 atom stereocenters. The number of carboxylic acids is 1. The molecular formula is C10H15NO6. The van der Waals surface area contributed by atoms with Crippen LogP contribution in [0.3, 0.4) is 0 Å². The Bertz CT molecular complexity index is 318. The molecule has 0 aromatic carbocycles. The molecule has 0 aromatic rings. The molecule has 0 spiro atoms. The average molecular weight is 245 g/mol. The molecule has 1 rings (SSSR count). The van der Waals surface area contributed by atoms with Gasteiger partial charge in [-0.05, 0) is 0 Å². The summed E-state index contributed by atoms with van der Waals surface area (Å²) in [4.78, 5) is 22.5. The fourth-order valence-electron chi connectivity index (χ4n) is 1.54. The SMILES string of the molecule is C=CCOC(=O)N[C@]1(C(=O)O)CCOC[C@H]1O. The molecule has 0 saturated carbocycles. The van der Waals surface area contributed by atoms with E-state index in [1.165, 1.54) is 6.08 Å². The molecule has 0 unspecified atom stereocenters. The summed E-state index contributed by atoms with van der Waals surface area (Å²) in [5, 5.41) is 21.0. The molecule has 7 nitrogen and oxygen atoms in total. The Labute approximate surface area is 98.0 Å². The summed E-state index contributed by atoms with van der Waals surface area (Å²) in [7, 11) is 0. The number of ether oxygens (including phenoxy) is 2. The van der Waals surface area contributed by atoms with Crippen LogP contribution < -0.4 is 5.32 Å². The number of rotatable bonds is 4. The Hall–Kier alpha value is -1.60. The predicted octanol–water partition coefficient (Wildman–Crippen LogP) is -0.497. The van der Waals surface area contributed by atoms with Crippen LogP contribution in [0.15, 0.2) is 12.7 Å². The molecule has 1 amide bonds. The molecular weight excluding hydrogens is 230 g/mol. The Morgan fingerprint density at radius 1 is 1.65 bits per heavy atom. The molecule has 7 heteroatoms. The standard InChI is InChI=1S/C10H15NO6/c1-2-4-17-9(15)11-10(8(13)14)3-5-16-6-7(10)12/h2,7,12H,1,3-6H2,(H,11,15)(H,13,14)/t7-,10-/m1/s1. The van der Waals surface area contributed by atoms with Crippen LogP contribution in [0.25, 0.3) is 0 Å². The molecule has 1 aliphatic rings. The van der Waals surface area contributed by atoms with E-state index in [0.717, 1.165) is 0 Å². The van der Waals surface area contributed by atoms with E-state index in [2.05, 4.69) is 16.6 Å². The minimum Gasteiger partial charge on any atom is -0.479 e. The zero-order valence-corrected chi connectivity index (χ0v) is 9.22. The third-order valence-electron chi connectivity index (χ3n) is 2.52. The molecule has 3 N–H and O–H groups in total. The maximum absolute atomic E-state index is 11.3. The lowest BCUT2D eigenvalue weighted by atomic mass is 9.87. The Balaban J connectivity index is 2.74. The maximum Gasteiger partial charge on any atom is 0.408 e. The summed E-state index contributed by atoms with van der Waals surface area (Å²) in [5.74, 6) is -1.32. The van der Waals surface area contributed by atoms with Crippen molar-refractivity contribution in [3.05, 3.63) is 12.7 Å². The van der Waals surface area contributed by atoms with E-state index in [9.17, 15) is 14.7 Å². The van der Waals surface area contributed by atoms with Gasteiger partial charge in [0.2, 0.25) is 0 Å². The number of nitrogens with one attached hydrogen (secondary N) is 1. The number of hydrogen-bond donors (Lipinski definition) is 3. The fraction of sp³-hybridized carbons (Fsp3) is 0.600. The highest BCUT2D eigenvalue weighted by Crippen LogP contribution is 2.22. The van der Waals surface area contributed by atoms with Crippen LogP contribution >= 0.6 is 0 Å². The second kappa shape index (κ2) is 5.65. The monoisotopic (exact) mass is 245 g/mol. The van der Waals surface area contributed by atoms with Crippen molar-refractivity contribution < 1.29 is 29.3 Å². The summed E-state index contributed by atoms with van der Waals surface area (Å²) in [6.45, 7) is 3.32. The highest BCUT2D eigenvalue weighted by molar-refractivity contribution is 5.85. The molecule has 1 heterocycles. The zero-order chi connectivity index (χ0) is 12.9. The van der Waals surface area contributed by atoms with Crippen LogP contribution in [0.2, 0.25) is 0 Å². The van der Waals surface area contributed by atoms with Crippen molar-refractivity contribution in [2.75, 3.05) is 19.8 Å². The van der Waals surface area contributed by atoms with Gasteiger partial charge in [-0.25, -0.2) is 9.59 Å². The van der Waals surface area contributed by atoms with Crippen LogP contribution in [-0.4, -0.2) is 53.7 Å². The summed E-state index contributed by atoms with van der Waals surface area (Å²) in [6.07, 6.45) is -0.890. The smallest absolute Gasteiger partial charge is 0.408 e. The first-order chi connectivity index (χ1) is 8.03. The molecule has 17 heavy (non-hydrogen) atoms. The Morgan fingerprint density at radius 2 is 2.35 bits per heavy atom. The van der Waals surface area contributed by atoms with Crippen LogP contribution in [0.1, 0.15) is 6.42 Å². The Morgan fingerprint density at radius 3 is 2.88 bits per heavy atom. The number of aliphatic hydroxyl groups excluding tert-OH is 1. The lowest BCUT2D eigenvalue weighted by molar-refractivity contribution is -0.159. The first-order valence-electron chi connectivity index (χ1n) is 5.08. The molecule has 1 saturated heterocycles. The van der Waals surface area contributed by atoms with Gasteiger partial charge in [0.1, 0.15) is 12.7 Å². The second-order valence-electron chi connectivity index (χ2n) is 3.63. The van der Waals surface area contributed by atoms with Gasteiger partial charge >= 0.3 is 12.1 Å². The van der Waals surface area contributed by atoms with Crippen molar-refractivity contribution >= 4 is 12.1 Å². The first-order valence-corrected chi connectivity index (χ1v) is 5.08. The number of carboxylic acid groups (broad SMARTS) is 1. The van der Waals surface area contributed by atoms with Crippen LogP contribution in [0, 0.1) is 0 Å². The van der Waals surface area contributed by atoms with Crippen molar-refractivity contribution in [2.24, 2.45) is 0 Å². The molecule has 96 valence electrons. The van der Waals surface area contributed by atoms with Crippen molar-refractivity contribution in [3.8, 4) is 0 Å². The highest BCUT2D eigenvalue weighted by atomic mass is 16.5. The lowest BCUT2D eigenvalue weighted by Gasteiger charge is -2.37. The van der Waals surface area contributed by atoms with Gasteiger partial charge in [-0.2, -0.15) is 0 Å². The minimum atomic E-state index is -1.75. The van der Waals surface area contributed by atoms with Gasteiger partial charge in [-0.15, -0.1) is 0 Å². The van der Waals surface area contributed by atoms with Gasteiger partial charge in [0, 0.05) is 13.0 Å². The van der Waals surface area contributed by atoms with Crippen molar-refractivity contribution in [1.29, 1.82) is 0 Å². The van der Waals surface area contributed by atoms with Crippen LogP contribution in [-0.2, 0) is 14.3 Å². The quantitative estimate of drug-likeness (QED) is 0.577. The number of hydrogen-bond acceptors (Lipinski definition) is 5. The molecule has 1 fully saturated rings. The topological polar surface area (TPSA) is 105 Å². The number of aliphatic hydroxyl groups is 1. The van der Waals surface area contributed by atoms with E-state index in [-0.39, 0.29) is 26.2 Å². The van der Waals surface area contributed by atoms with Gasteiger partial charge in [-0.1, -0.05) is 12.7 Å². The highest BCUT2D eigenvalue weighted by Gasteiger charge is 2.49. The van der Waals surface area contributed by atoms with Crippen molar-refractivity contribution in [3.63, 3.8) is 0 Å². The van der Waals surface area contributed by atoms with E-state index in [4.69, 9.17) is 9.84 Å².